The Morgan fingerprint density at radius 2 is 2.03 bits per heavy atom. The van der Waals surface area contributed by atoms with E-state index in [2.05, 4.69) is 10.4 Å². The third kappa shape index (κ3) is 5.03. The molecular formula is C21H29N5O4. The van der Waals surface area contributed by atoms with Crippen LogP contribution in [0.2, 0.25) is 0 Å². The lowest BCUT2D eigenvalue weighted by Gasteiger charge is -2.33. The Hall–Kier alpha value is -2.78. The van der Waals surface area contributed by atoms with Gasteiger partial charge >= 0.3 is 0 Å². The molecule has 0 spiro atoms. The Morgan fingerprint density at radius 3 is 2.70 bits per heavy atom. The predicted octanol–water partition coefficient (Wildman–Crippen LogP) is 0.102. The van der Waals surface area contributed by atoms with Gasteiger partial charge in [-0.3, -0.25) is 14.4 Å². The quantitative estimate of drug-likeness (QED) is 0.655. The average molecular weight is 415 g/mol. The molecule has 1 saturated heterocycles. The number of benzene rings is 1. The summed E-state index contributed by atoms with van der Waals surface area (Å²) >= 11 is 0. The van der Waals surface area contributed by atoms with E-state index in [1.807, 2.05) is 30.3 Å². The SMILES string of the molecule is CN1N=C2CCN(C(=O)[C@@H](COCc3ccccc3)NC(=O)C(C)(C)N)CC2C1=O. The Bertz CT molecular complexity index is 834. The van der Waals surface area contributed by atoms with Gasteiger partial charge in [-0.2, -0.15) is 5.10 Å². The largest absolute Gasteiger partial charge is 0.374 e. The van der Waals surface area contributed by atoms with Crippen LogP contribution in [0.15, 0.2) is 35.4 Å². The summed E-state index contributed by atoms with van der Waals surface area (Å²) in [6.07, 6.45) is 0.528. The molecule has 2 aliphatic rings. The normalized spacial score (nSPS) is 19.9. The van der Waals surface area contributed by atoms with Gasteiger partial charge in [0.25, 0.3) is 5.91 Å². The number of fused-ring (bicyclic) bond motifs is 1. The van der Waals surface area contributed by atoms with Crippen LogP contribution in [0.5, 0.6) is 0 Å². The van der Waals surface area contributed by atoms with E-state index >= 15 is 0 Å². The number of carbonyl (C=O) groups is 3. The van der Waals surface area contributed by atoms with Crippen molar-refractivity contribution >= 4 is 23.4 Å². The van der Waals surface area contributed by atoms with Crippen LogP contribution in [0.25, 0.3) is 0 Å². The molecule has 9 heteroatoms. The van der Waals surface area contributed by atoms with Crippen molar-refractivity contribution in [1.29, 1.82) is 0 Å². The van der Waals surface area contributed by atoms with Gasteiger partial charge in [0.15, 0.2) is 0 Å². The molecule has 0 saturated carbocycles. The average Bonchev–Trinajstić information content (AvgIpc) is 3.00. The topological polar surface area (TPSA) is 117 Å². The van der Waals surface area contributed by atoms with E-state index in [0.29, 0.717) is 19.6 Å². The summed E-state index contributed by atoms with van der Waals surface area (Å²) in [4.78, 5) is 39.5. The predicted molar refractivity (Wildman–Crippen MR) is 111 cm³/mol. The van der Waals surface area contributed by atoms with Crippen molar-refractivity contribution in [2.75, 3.05) is 26.7 Å². The fraction of sp³-hybridized carbons (Fsp3) is 0.524. The third-order valence-electron chi connectivity index (χ3n) is 5.23. The van der Waals surface area contributed by atoms with Crippen LogP contribution in [0.3, 0.4) is 0 Å². The summed E-state index contributed by atoms with van der Waals surface area (Å²) in [5, 5.41) is 8.29. The van der Waals surface area contributed by atoms with Crippen LogP contribution in [0.4, 0.5) is 0 Å². The first-order chi connectivity index (χ1) is 14.2. The number of hydrogen-bond acceptors (Lipinski definition) is 6. The van der Waals surface area contributed by atoms with E-state index in [1.165, 1.54) is 5.01 Å². The molecule has 2 aliphatic heterocycles. The zero-order valence-corrected chi connectivity index (χ0v) is 17.6. The number of nitrogens with zero attached hydrogens (tertiary/aromatic N) is 3. The van der Waals surface area contributed by atoms with Crippen LogP contribution < -0.4 is 11.1 Å². The van der Waals surface area contributed by atoms with E-state index in [1.54, 1.807) is 25.8 Å². The lowest BCUT2D eigenvalue weighted by molar-refractivity contribution is -0.141. The lowest BCUT2D eigenvalue weighted by Crippen LogP contribution is -2.59. The lowest BCUT2D eigenvalue weighted by atomic mass is 9.95. The first kappa shape index (κ1) is 21.9. The number of carbonyl (C=O) groups excluding carboxylic acids is 3. The Balaban J connectivity index is 1.67. The number of likely N-dealkylation sites (tertiary alicyclic amines) is 1. The number of ether oxygens (including phenoxy) is 1. The Labute approximate surface area is 176 Å². The van der Waals surface area contributed by atoms with Gasteiger partial charge in [-0.05, 0) is 19.4 Å². The first-order valence-corrected chi connectivity index (χ1v) is 10.0. The standard InChI is InChI=1S/C21H29N5O4/c1-21(2,22)20(29)23-17(13-30-12-14-7-5-4-6-8-14)19(28)26-10-9-16-15(11-26)18(27)25(3)24-16/h4-8,15,17H,9-13,22H2,1-3H3,(H,23,29)/t15?,17-/m1/s1. The highest BCUT2D eigenvalue weighted by atomic mass is 16.5. The maximum Gasteiger partial charge on any atom is 0.253 e. The maximum absolute atomic E-state index is 13.2. The molecule has 0 aliphatic carbocycles. The van der Waals surface area contributed by atoms with E-state index in [0.717, 1.165) is 11.3 Å². The van der Waals surface area contributed by atoms with Crippen LogP contribution in [0, 0.1) is 5.92 Å². The van der Waals surface area contributed by atoms with E-state index in [-0.39, 0.29) is 25.0 Å². The summed E-state index contributed by atoms with van der Waals surface area (Å²) in [5.74, 6) is -1.27. The van der Waals surface area contributed by atoms with Crippen molar-refractivity contribution < 1.29 is 19.1 Å². The smallest absolute Gasteiger partial charge is 0.253 e. The van der Waals surface area contributed by atoms with Gasteiger partial charge < -0.3 is 20.7 Å². The zero-order chi connectivity index (χ0) is 21.9. The highest BCUT2D eigenvalue weighted by molar-refractivity contribution is 6.09. The highest BCUT2D eigenvalue weighted by Crippen LogP contribution is 2.23. The minimum absolute atomic E-state index is 0.00547. The molecule has 0 bridgehead atoms. The molecule has 0 radical (unpaired) electrons. The number of amides is 3. The van der Waals surface area contributed by atoms with Gasteiger partial charge in [0.1, 0.15) is 6.04 Å². The first-order valence-electron chi connectivity index (χ1n) is 10.0. The minimum Gasteiger partial charge on any atom is -0.374 e. The molecule has 1 aromatic rings. The molecule has 3 N–H and O–H groups in total. The van der Waals surface area contributed by atoms with Gasteiger partial charge in [0.05, 0.1) is 30.4 Å². The Morgan fingerprint density at radius 1 is 1.33 bits per heavy atom. The maximum atomic E-state index is 13.2. The zero-order valence-electron chi connectivity index (χ0n) is 17.6. The van der Waals surface area contributed by atoms with Crippen molar-refractivity contribution in [2.24, 2.45) is 16.8 Å². The van der Waals surface area contributed by atoms with Crippen molar-refractivity contribution in [1.82, 2.24) is 15.2 Å². The monoisotopic (exact) mass is 415 g/mol. The van der Waals surface area contributed by atoms with Gasteiger partial charge in [0, 0.05) is 26.6 Å². The van der Waals surface area contributed by atoms with Crippen molar-refractivity contribution in [3.8, 4) is 0 Å². The van der Waals surface area contributed by atoms with Crippen LogP contribution in [0.1, 0.15) is 25.8 Å². The fourth-order valence-electron chi connectivity index (χ4n) is 3.46. The fourth-order valence-corrected chi connectivity index (χ4v) is 3.46. The van der Waals surface area contributed by atoms with Gasteiger partial charge in [-0.15, -0.1) is 0 Å². The molecule has 2 atom stereocenters. The van der Waals surface area contributed by atoms with Gasteiger partial charge in [-0.25, -0.2) is 5.01 Å². The number of nitrogens with two attached hydrogens (primary N) is 1. The van der Waals surface area contributed by atoms with E-state index < -0.39 is 23.4 Å². The summed E-state index contributed by atoms with van der Waals surface area (Å²) in [6, 6.07) is 8.68. The molecule has 3 amide bonds. The minimum atomic E-state index is -1.14. The molecule has 9 nitrogen and oxygen atoms in total. The summed E-state index contributed by atoms with van der Waals surface area (Å²) in [5.41, 5.74) is 6.52. The molecule has 0 aromatic heterocycles. The Kier molecular flexibility index (Phi) is 6.52. The molecule has 30 heavy (non-hydrogen) atoms. The van der Waals surface area contributed by atoms with E-state index in [9.17, 15) is 14.4 Å². The summed E-state index contributed by atoms with van der Waals surface area (Å²) in [6.45, 7) is 4.15. The van der Waals surface area contributed by atoms with Crippen molar-refractivity contribution in [2.45, 2.75) is 38.5 Å². The van der Waals surface area contributed by atoms with Crippen LogP contribution in [-0.4, -0.2) is 71.7 Å². The number of hydrogen-bond donors (Lipinski definition) is 2. The second kappa shape index (κ2) is 8.93. The van der Waals surface area contributed by atoms with Crippen molar-refractivity contribution in [3.63, 3.8) is 0 Å². The number of rotatable bonds is 7. The molecular weight excluding hydrogens is 386 g/mol. The van der Waals surface area contributed by atoms with Crippen LogP contribution >= 0.6 is 0 Å². The molecule has 3 rings (SSSR count). The number of hydrazone groups is 1. The summed E-state index contributed by atoms with van der Waals surface area (Å²) < 4.78 is 5.73. The number of nitrogens with one attached hydrogen (secondary N) is 1. The van der Waals surface area contributed by atoms with E-state index in [4.69, 9.17) is 10.5 Å². The van der Waals surface area contributed by atoms with Crippen molar-refractivity contribution in [3.05, 3.63) is 35.9 Å². The second-order valence-corrected chi connectivity index (χ2v) is 8.29. The van der Waals surface area contributed by atoms with Gasteiger partial charge in [-0.1, -0.05) is 30.3 Å². The highest BCUT2D eigenvalue weighted by Gasteiger charge is 2.41. The van der Waals surface area contributed by atoms with Crippen LogP contribution in [-0.2, 0) is 25.7 Å². The second-order valence-electron chi connectivity index (χ2n) is 8.29. The molecule has 1 unspecified atom stereocenters. The molecule has 1 fully saturated rings. The van der Waals surface area contributed by atoms with Gasteiger partial charge in [0.2, 0.25) is 11.8 Å². The molecule has 1 aromatic carbocycles. The molecule has 162 valence electrons. The third-order valence-corrected chi connectivity index (χ3v) is 5.23. The summed E-state index contributed by atoms with van der Waals surface area (Å²) in [7, 11) is 1.61. The molecule has 2 heterocycles. The number of piperidine rings is 1.